The Morgan fingerprint density at radius 3 is 0.839 bits per heavy atom. The van der Waals surface area contributed by atoms with Crippen molar-refractivity contribution in [2.45, 2.75) is 311 Å². The molecule has 0 aliphatic heterocycles. The van der Waals surface area contributed by atoms with Gasteiger partial charge in [-0.25, -0.2) is 0 Å². The summed E-state index contributed by atoms with van der Waals surface area (Å²) in [6, 6.07) is 0. The first-order chi connectivity index (χ1) is 30.2. The van der Waals surface area contributed by atoms with Crippen LogP contribution in [0.1, 0.15) is 305 Å². The first kappa shape index (κ1) is 60.4. The molecule has 0 aromatic rings. The highest BCUT2D eigenvalue weighted by molar-refractivity contribution is 5.71. The summed E-state index contributed by atoms with van der Waals surface area (Å²) >= 11 is 0. The SMILES string of the molecule is CCC(C)CCCCCCCCCCCCCCCCC(=O)O[C@@H](COC(=O)CCCCCCCCCCCCC(C)CC)COC(=O)CCCCCCCCCCCC(C)C. The smallest absolute Gasteiger partial charge is 0.306 e. The lowest BCUT2D eigenvalue weighted by Gasteiger charge is -2.18. The number of unbranched alkanes of at least 4 members (excludes halogenated alkanes) is 30. The summed E-state index contributed by atoms with van der Waals surface area (Å²) in [4.78, 5) is 38.0. The monoisotopic (exact) mass is 877 g/mol. The largest absolute Gasteiger partial charge is 0.462 e. The lowest BCUT2D eigenvalue weighted by Crippen LogP contribution is -2.30. The first-order valence-corrected chi connectivity index (χ1v) is 27.7. The van der Waals surface area contributed by atoms with Crippen molar-refractivity contribution in [2.24, 2.45) is 17.8 Å². The summed E-state index contributed by atoms with van der Waals surface area (Å²) in [6.07, 6.45) is 47.9. The van der Waals surface area contributed by atoms with Crippen LogP contribution in [0.4, 0.5) is 0 Å². The van der Waals surface area contributed by atoms with E-state index < -0.39 is 6.10 Å². The van der Waals surface area contributed by atoms with Crippen LogP contribution < -0.4 is 0 Å². The molecule has 3 atom stereocenters. The molecule has 6 heteroatoms. The van der Waals surface area contributed by atoms with Gasteiger partial charge in [0.15, 0.2) is 6.10 Å². The maximum atomic E-state index is 12.8. The van der Waals surface area contributed by atoms with Gasteiger partial charge in [0.05, 0.1) is 0 Å². The Hall–Kier alpha value is -1.59. The highest BCUT2D eigenvalue weighted by Gasteiger charge is 2.19. The Morgan fingerprint density at radius 1 is 0.323 bits per heavy atom. The topological polar surface area (TPSA) is 78.9 Å². The number of carbonyl (C=O) groups is 3. The molecule has 62 heavy (non-hydrogen) atoms. The summed E-state index contributed by atoms with van der Waals surface area (Å²) in [7, 11) is 0. The van der Waals surface area contributed by atoms with Gasteiger partial charge in [0.2, 0.25) is 0 Å². The summed E-state index contributed by atoms with van der Waals surface area (Å²) in [5, 5.41) is 0. The zero-order valence-corrected chi connectivity index (χ0v) is 42.7. The molecule has 0 saturated carbocycles. The molecular weight excluding hydrogens is 769 g/mol. The fraction of sp³-hybridized carbons (Fsp3) is 0.946. The van der Waals surface area contributed by atoms with Crippen molar-refractivity contribution in [2.75, 3.05) is 13.2 Å². The number of hydrogen-bond acceptors (Lipinski definition) is 6. The van der Waals surface area contributed by atoms with Crippen molar-refractivity contribution in [3.05, 3.63) is 0 Å². The zero-order valence-electron chi connectivity index (χ0n) is 42.7. The predicted octanol–water partition coefficient (Wildman–Crippen LogP) is 17.9. The average molecular weight is 877 g/mol. The van der Waals surface area contributed by atoms with Gasteiger partial charge in [-0.05, 0) is 37.0 Å². The third-order valence-electron chi connectivity index (χ3n) is 13.4. The number of esters is 3. The number of hydrogen-bond donors (Lipinski definition) is 0. The molecule has 0 aromatic carbocycles. The van der Waals surface area contributed by atoms with Gasteiger partial charge in [-0.1, -0.05) is 266 Å². The Bertz CT molecular complexity index is 964. The van der Waals surface area contributed by atoms with Gasteiger partial charge in [0.25, 0.3) is 0 Å². The molecule has 0 spiro atoms. The summed E-state index contributed by atoms with van der Waals surface area (Å²) in [5.41, 5.74) is 0. The van der Waals surface area contributed by atoms with Crippen molar-refractivity contribution < 1.29 is 28.6 Å². The second-order valence-corrected chi connectivity index (χ2v) is 20.2. The van der Waals surface area contributed by atoms with Crippen LogP contribution in [0.25, 0.3) is 0 Å². The van der Waals surface area contributed by atoms with Gasteiger partial charge >= 0.3 is 17.9 Å². The second kappa shape index (κ2) is 47.4. The normalized spacial score (nSPS) is 13.0. The second-order valence-electron chi connectivity index (χ2n) is 20.2. The molecule has 0 fully saturated rings. The fourth-order valence-corrected chi connectivity index (χ4v) is 8.40. The molecule has 0 aliphatic rings. The first-order valence-electron chi connectivity index (χ1n) is 27.7. The van der Waals surface area contributed by atoms with E-state index in [0.29, 0.717) is 19.3 Å². The number of rotatable bonds is 49. The van der Waals surface area contributed by atoms with Crippen molar-refractivity contribution >= 4 is 17.9 Å². The van der Waals surface area contributed by atoms with E-state index in [1.807, 2.05) is 0 Å². The molecule has 0 aromatic heterocycles. The molecule has 0 rings (SSSR count). The maximum Gasteiger partial charge on any atom is 0.306 e. The third kappa shape index (κ3) is 46.4. The van der Waals surface area contributed by atoms with Gasteiger partial charge in [0, 0.05) is 19.3 Å². The molecule has 0 saturated heterocycles. The zero-order chi connectivity index (χ0) is 45.6. The average Bonchev–Trinajstić information content (AvgIpc) is 3.26. The van der Waals surface area contributed by atoms with Crippen molar-refractivity contribution in [3.63, 3.8) is 0 Å². The van der Waals surface area contributed by atoms with Crippen LogP contribution in [0.15, 0.2) is 0 Å². The van der Waals surface area contributed by atoms with Gasteiger partial charge in [-0.3, -0.25) is 14.4 Å². The minimum atomic E-state index is -0.763. The molecule has 2 unspecified atom stereocenters. The van der Waals surface area contributed by atoms with Gasteiger partial charge < -0.3 is 14.2 Å². The van der Waals surface area contributed by atoms with Gasteiger partial charge in [-0.15, -0.1) is 0 Å². The van der Waals surface area contributed by atoms with Crippen LogP contribution in [-0.4, -0.2) is 37.2 Å². The van der Waals surface area contributed by atoms with E-state index in [1.54, 1.807) is 0 Å². The van der Waals surface area contributed by atoms with E-state index in [2.05, 4.69) is 41.5 Å². The minimum absolute atomic E-state index is 0.0644. The summed E-state index contributed by atoms with van der Waals surface area (Å²) in [6.45, 7) is 13.8. The predicted molar refractivity (Wildman–Crippen MR) is 266 cm³/mol. The molecule has 0 bridgehead atoms. The molecule has 0 radical (unpaired) electrons. The molecular formula is C56H108O6. The van der Waals surface area contributed by atoms with E-state index >= 15 is 0 Å². The lowest BCUT2D eigenvalue weighted by atomic mass is 9.99. The Balaban J connectivity index is 4.31. The third-order valence-corrected chi connectivity index (χ3v) is 13.4. The molecule has 0 N–H and O–H groups in total. The standard InChI is InChI=1S/C56H108O6/c1-7-51(5)43-37-31-25-19-13-11-9-10-12-14-22-29-35-41-47-56(59)62-53(49-61-55(58)46-40-34-28-23-17-18-24-30-36-42-50(3)4)48-60-54(57)45-39-33-27-21-16-15-20-26-32-38-44-52(6)8-2/h50-53H,7-49H2,1-6H3/t51?,52?,53-/m0/s1. The Morgan fingerprint density at radius 2 is 0.565 bits per heavy atom. The van der Waals surface area contributed by atoms with E-state index in [1.165, 1.54) is 186 Å². The number of ether oxygens (including phenoxy) is 3. The molecule has 0 heterocycles. The van der Waals surface area contributed by atoms with Crippen LogP contribution in [-0.2, 0) is 28.6 Å². The minimum Gasteiger partial charge on any atom is -0.462 e. The fourth-order valence-electron chi connectivity index (χ4n) is 8.40. The summed E-state index contributed by atoms with van der Waals surface area (Å²) in [5.74, 6) is 1.72. The van der Waals surface area contributed by atoms with Gasteiger partial charge in [0.1, 0.15) is 13.2 Å². The van der Waals surface area contributed by atoms with Crippen LogP contribution in [0.2, 0.25) is 0 Å². The number of carbonyl (C=O) groups excluding carboxylic acids is 3. The van der Waals surface area contributed by atoms with Crippen molar-refractivity contribution in [1.82, 2.24) is 0 Å². The highest BCUT2D eigenvalue weighted by atomic mass is 16.6. The molecule has 6 nitrogen and oxygen atoms in total. The van der Waals surface area contributed by atoms with Crippen LogP contribution >= 0.6 is 0 Å². The van der Waals surface area contributed by atoms with Crippen molar-refractivity contribution in [3.8, 4) is 0 Å². The van der Waals surface area contributed by atoms with Gasteiger partial charge in [-0.2, -0.15) is 0 Å². The van der Waals surface area contributed by atoms with Crippen molar-refractivity contribution in [1.29, 1.82) is 0 Å². The maximum absolute atomic E-state index is 12.8. The van der Waals surface area contributed by atoms with E-state index in [4.69, 9.17) is 14.2 Å². The molecule has 0 amide bonds. The van der Waals surface area contributed by atoms with E-state index in [-0.39, 0.29) is 31.1 Å². The Labute approximate surface area is 387 Å². The van der Waals surface area contributed by atoms with Crippen LogP contribution in [0.5, 0.6) is 0 Å². The lowest BCUT2D eigenvalue weighted by molar-refractivity contribution is -0.167. The van der Waals surface area contributed by atoms with E-state index in [0.717, 1.165) is 75.5 Å². The van der Waals surface area contributed by atoms with E-state index in [9.17, 15) is 14.4 Å². The molecule has 368 valence electrons. The summed E-state index contributed by atoms with van der Waals surface area (Å²) < 4.78 is 16.9. The van der Waals surface area contributed by atoms with Crippen LogP contribution in [0.3, 0.4) is 0 Å². The highest BCUT2D eigenvalue weighted by Crippen LogP contribution is 2.19. The molecule has 0 aliphatic carbocycles. The van der Waals surface area contributed by atoms with Crippen LogP contribution in [0, 0.1) is 17.8 Å². The Kier molecular flexibility index (Phi) is 46.2. The quantitative estimate of drug-likeness (QED) is 0.0344.